The van der Waals surface area contributed by atoms with Gasteiger partial charge < -0.3 is 15.2 Å². The van der Waals surface area contributed by atoms with Gasteiger partial charge in [0.2, 0.25) is 0 Å². The Balaban J connectivity index is 2.61. The summed E-state index contributed by atoms with van der Waals surface area (Å²) in [4.78, 5) is 0. The van der Waals surface area contributed by atoms with Crippen LogP contribution in [0.15, 0.2) is 24.3 Å². The molecule has 3 heteroatoms. The first kappa shape index (κ1) is 16.2. The van der Waals surface area contributed by atoms with Crippen LogP contribution < -0.4 is 5.32 Å². The summed E-state index contributed by atoms with van der Waals surface area (Å²) in [5.74, 6) is 0.374. The molecule has 0 radical (unpaired) electrons. The zero-order chi connectivity index (χ0) is 14.3. The Morgan fingerprint density at radius 3 is 2.37 bits per heavy atom. The van der Waals surface area contributed by atoms with E-state index in [9.17, 15) is 5.11 Å². The van der Waals surface area contributed by atoms with E-state index >= 15 is 0 Å². The fourth-order valence-electron chi connectivity index (χ4n) is 2.17. The monoisotopic (exact) mass is 265 g/mol. The van der Waals surface area contributed by atoms with Gasteiger partial charge in [-0.1, -0.05) is 43.7 Å². The van der Waals surface area contributed by atoms with Crippen LogP contribution in [0.5, 0.6) is 0 Å². The molecule has 3 nitrogen and oxygen atoms in total. The lowest BCUT2D eigenvalue weighted by Crippen LogP contribution is -2.40. The maximum absolute atomic E-state index is 10.5. The number of benzene rings is 1. The fourth-order valence-corrected chi connectivity index (χ4v) is 2.17. The van der Waals surface area contributed by atoms with Crippen molar-refractivity contribution in [1.29, 1.82) is 0 Å². The number of hydrogen-bond donors (Lipinski definition) is 2. The van der Waals surface area contributed by atoms with Gasteiger partial charge in [0, 0.05) is 19.8 Å². The third-order valence-electron chi connectivity index (χ3n) is 3.38. The molecule has 0 aliphatic heterocycles. The molecule has 0 aromatic heterocycles. The Bertz CT molecular complexity index is 348. The zero-order valence-corrected chi connectivity index (χ0v) is 12.5. The van der Waals surface area contributed by atoms with Crippen molar-refractivity contribution in [3.05, 3.63) is 35.4 Å². The standard InChI is InChI=1S/C16H27NO2/c1-12(2)15(17-10-5-11-19-4)16(18)14-8-6-13(3)7-9-14/h6-9,12,15-18H,5,10-11H2,1-4H3. The molecular weight excluding hydrogens is 238 g/mol. The highest BCUT2D eigenvalue weighted by Gasteiger charge is 2.23. The second kappa shape index (κ2) is 8.31. The summed E-state index contributed by atoms with van der Waals surface area (Å²) < 4.78 is 5.04. The van der Waals surface area contributed by atoms with Gasteiger partial charge in [0.1, 0.15) is 0 Å². The number of rotatable bonds is 8. The molecule has 1 rings (SSSR count). The minimum absolute atomic E-state index is 0.0690. The third kappa shape index (κ3) is 5.31. The number of aliphatic hydroxyl groups is 1. The maximum Gasteiger partial charge on any atom is 0.0945 e. The second-order valence-electron chi connectivity index (χ2n) is 5.43. The van der Waals surface area contributed by atoms with E-state index in [4.69, 9.17) is 4.74 Å². The molecule has 0 saturated heterocycles. The lowest BCUT2D eigenvalue weighted by molar-refractivity contribution is 0.103. The highest BCUT2D eigenvalue weighted by molar-refractivity contribution is 5.24. The van der Waals surface area contributed by atoms with Crippen molar-refractivity contribution < 1.29 is 9.84 Å². The van der Waals surface area contributed by atoms with E-state index < -0.39 is 6.10 Å². The van der Waals surface area contributed by atoms with Gasteiger partial charge in [-0.2, -0.15) is 0 Å². The highest BCUT2D eigenvalue weighted by atomic mass is 16.5. The van der Waals surface area contributed by atoms with E-state index in [1.54, 1.807) is 7.11 Å². The van der Waals surface area contributed by atoms with E-state index in [0.29, 0.717) is 5.92 Å². The van der Waals surface area contributed by atoms with Crippen molar-refractivity contribution in [2.45, 2.75) is 39.3 Å². The second-order valence-corrected chi connectivity index (χ2v) is 5.43. The van der Waals surface area contributed by atoms with E-state index in [0.717, 1.165) is 25.1 Å². The molecule has 0 bridgehead atoms. The van der Waals surface area contributed by atoms with E-state index in [2.05, 4.69) is 26.1 Å². The first-order chi connectivity index (χ1) is 9.06. The summed E-state index contributed by atoms with van der Waals surface area (Å²) in [5, 5.41) is 13.9. The molecule has 0 aliphatic rings. The third-order valence-corrected chi connectivity index (χ3v) is 3.38. The van der Waals surface area contributed by atoms with Gasteiger partial charge >= 0.3 is 0 Å². The average molecular weight is 265 g/mol. The first-order valence-corrected chi connectivity index (χ1v) is 7.03. The molecule has 0 aliphatic carbocycles. The fraction of sp³-hybridized carbons (Fsp3) is 0.625. The van der Waals surface area contributed by atoms with Gasteiger partial charge in [-0.15, -0.1) is 0 Å². The zero-order valence-electron chi connectivity index (χ0n) is 12.5. The van der Waals surface area contributed by atoms with Crippen LogP contribution in [0.2, 0.25) is 0 Å². The lowest BCUT2D eigenvalue weighted by atomic mass is 9.93. The quantitative estimate of drug-likeness (QED) is 0.710. The van der Waals surface area contributed by atoms with Gasteiger partial charge in [0.05, 0.1) is 6.10 Å². The molecule has 2 atom stereocenters. The normalized spacial score (nSPS) is 14.6. The minimum Gasteiger partial charge on any atom is -0.387 e. The number of ether oxygens (including phenoxy) is 1. The molecule has 0 amide bonds. The number of hydrogen-bond acceptors (Lipinski definition) is 3. The Morgan fingerprint density at radius 1 is 1.21 bits per heavy atom. The average Bonchev–Trinajstić information content (AvgIpc) is 2.38. The first-order valence-electron chi connectivity index (χ1n) is 7.03. The lowest BCUT2D eigenvalue weighted by Gasteiger charge is -2.28. The summed E-state index contributed by atoms with van der Waals surface area (Å²) in [6.45, 7) is 7.92. The molecule has 0 heterocycles. The molecule has 19 heavy (non-hydrogen) atoms. The van der Waals surface area contributed by atoms with Crippen molar-refractivity contribution in [2.24, 2.45) is 5.92 Å². The van der Waals surface area contributed by atoms with Crippen LogP contribution in [0.25, 0.3) is 0 Å². The molecule has 1 aromatic rings. The van der Waals surface area contributed by atoms with Gasteiger partial charge in [0.15, 0.2) is 0 Å². The Kier molecular flexibility index (Phi) is 7.06. The molecule has 0 spiro atoms. The highest BCUT2D eigenvalue weighted by Crippen LogP contribution is 2.22. The van der Waals surface area contributed by atoms with Gasteiger partial charge in [0.25, 0.3) is 0 Å². The molecule has 0 saturated carbocycles. The topological polar surface area (TPSA) is 41.5 Å². The predicted octanol–water partition coefficient (Wildman–Crippen LogP) is 2.68. The Morgan fingerprint density at radius 2 is 1.84 bits per heavy atom. The van der Waals surface area contributed by atoms with Crippen LogP contribution in [0.4, 0.5) is 0 Å². The maximum atomic E-state index is 10.5. The molecule has 108 valence electrons. The van der Waals surface area contributed by atoms with Crippen molar-refractivity contribution in [3.63, 3.8) is 0 Å². The molecular formula is C16H27NO2. The molecule has 2 unspecified atom stereocenters. The van der Waals surface area contributed by atoms with Crippen molar-refractivity contribution >= 4 is 0 Å². The summed E-state index contributed by atoms with van der Waals surface area (Å²) in [6.07, 6.45) is 0.489. The minimum atomic E-state index is -0.469. The van der Waals surface area contributed by atoms with Crippen LogP contribution >= 0.6 is 0 Å². The molecule has 2 N–H and O–H groups in total. The van der Waals surface area contributed by atoms with Crippen molar-refractivity contribution in [3.8, 4) is 0 Å². The van der Waals surface area contributed by atoms with Crippen LogP contribution in [0.3, 0.4) is 0 Å². The summed E-state index contributed by atoms with van der Waals surface area (Å²) >= 11 is 0. The molecule has 1 aromatic carbocycles. The van der Waals surface area contributed by atoms with Crippen LogP contribution in [-0.2, 0) is 4.74 Å². The van der Waals surface area contributed by atoms with Crippen LogP contribution in [-0.4, -0.2) is 31.4 Å². The van der Waals surface area contributed by atoms with E-state index in [-0.39, 0.29) is 6.04 Å². The number of aliphatic hydroxyl groups excluding tert-OH is 1. The van der Waals surface area contributed by atoms with Gasteiger partial charge in [-0.25, -0.2) is 0 Å². The van der Waals surface area contributed by atoms with E-state index in [1.165, 1.54) is 5.56 Å². The van der Waals surface area contributed by atoms with Crippen molar-refractivity contribution in [1.82, 2.24) is 5.32 Å². The number of aryl methyl sites for hydroxylation is 1. The Hall–Kier alpha value is -0.900. The summed E-state index contributed by atoms with van der Waals surface area (Å²) in [5.41, 5.74) is 2.19. The predicted molar refractivity (Wildman–Crippen MR) is 79.3 cm³/mol. The number of nitrogens with one attached hydrogen (secondary N) is 1. The largest absolute Gasteiger partial charge is 0.387 e. The smallest absolute Gasteiger partial charge is 0.0945 e. The van der Waals surface area contributed by atoms with Crippen LogP contribution in [0.1, 0.15) is 37.5 Å². The van der Waals surface area contributed by atoms with Gasteiger partial charge in [-0.3, -0.25) is 0 Å². The summed E-state index contributed by atoms with van der Waals surface area (Å²) in [6, 6.07) is 8.17. The Labute approximate surface area is 117 Å². The molecule has 0 fully saturated rings. The SMILES string of the molecule is COCCCNC(C(C)C)C(O)c1ccc(C)cc1. The van der Waals surface area contributed by atoms with Crippen LogP contribution in [0, 0.1) is 12.8 Å². The van der Waals surface area contributed by atoms with E-state index in [1.807, 2.05) is 24.3 Å². The number of methoxy groups -OCH3 is 1. The summed E-state index contributed by atoms with van der Waals surface area (Å²) in [7, 11) is 1.71. The van der Waals surface area contributed by atoms with Crippen molar-refractivity contribution in [2.75, 3.05) is 20.3 Å². The van der Waals surface area contributed by atoms with Gasteiger partial charge in [-0.05, 0) is 31.4 Å².